The number of rotatable bonds is 4. The normalized spacial score (nSPS) is 11.2. The van der Waals surface area contributed by atoms with Crippen LogP contribution in [0.25, 0.3) is 17.8 Å². The average molecular weight is 306 g/mol. The highest BCUT2D eigenvalue weighted by Crippen LogP contribution is 2.18. The van der Waals surface area contributed by atoms with E-state index in [-0.39, 0.29) is 5.75 Å². The molecule has 2 aromatic carbocycles. The van der Waals surface area contributed by atoms with Crippen molar-refractivity contribution >= 4 is 12.2 Å². The van der Waals surface area contributed by atoms with Crippen LogP contribution in [-0.4, -0.2) is 20.1 Å². The van der Waals surface area contributed by atoms with E-state index in [0.717, 1.165) is 22.6 Å². The fraction of sp³-hybridized carbons (Fsp3) is 0.111. The minimum atomic E-state index is 0.213. The van der Waals surface area contributed by atoms with Crippen LogP contribution in [0, 0.1) is 6.92 Å². The molecule has 0 spiro atoms. The molecule has 3 aromatic rings. The first kappa shape index (κ1) is 15.0. The van der Waals surface area contributed by atoms with Crippen LogP contribution in [0.1, 0.15) is 22.5 Å². The lowest BCUT2D eigenvalue weighted by molar-refractivity contribution is 0.475. The van der Waals surface area contributed by atoms with E-state index in [1.807, 2.05) is 12.2 Å². The maximum absolute atomic E-state index is 9.42. The second kappa shape index (κ2) is 6.46. The SMILES string of the molecule is Cc1ccc(/C=C/c2c(CN)nnn2-c2ccc(O)cc2)cc1. The van der Waals surface area contributed by atoms with Crippen molar-refractivity contribution in [3.05, 3.63) is 71.0 Å². The molecule has 23 heavy (non-hydrogen) atoms. The lowest BCUT2D eigenvalue weighted by atomic mass is 10.1. The summed E-state index contributed by atoms with van der Waals surface area (Å²) in [4.78, 5) is 0. The van der Waals surface area contributed by atoms with E-state index in [2.05, 4.69) is 41.5 Å². The Bertz CT molecular complexity index is 817. The number of aryl methyl sites for hydroxylation is 1. The summed E-state index contributed by atoms with van der Waals surface area (Å²) in [6.07, 6.45) is 3.97. The van der Waals surface area contributed by atoms with Gasteiger partial charge in [-0.25, -0.2) is 4.68 Å². The largest absolute Gasteiger partial charge is 0.508 e. The van der Waals surface area contributed by atoms with Crippen LogP contribution in [0.5, 0.6) is 5.75 Å². The molecule has 3 N–H and O–H groups in total. The second-order valence-electron chi connectivity index (χ2n) is 5.30. The lowest BCUT2D eigenvalue weighted by Gasteiger charge is -2.04. The Hall–Kier alpha value is -2.92. The molecule has 0 atom stereocenters. The molecule has 116 valence electrons. The topological polar surface area (TPSA) is 77.0 Å². The molecule has 0 fully saturated rings. The minimum absolute atomic E-state index is 0.213. The molecule has 0 radical (unpaired) electrons. The Morgan fingerprint density at radius 1 is 1.04 bits per heavy atom. The van der Waals surface area contributed by atoms with Gasteiger partial charge in [-0.2, -0.15) is 0 Å². The number of hydrogen-bond acceptors (Lipinski definition) is 4. The number of phenolic OH excluding ortho intramolecular Hbond substituents is 1. The van der Waals surface area contributed by atoms with Gasteiger partial charge in [-0.15, -0.1) is 5.10 Å². The maximum Gasteiger partial charge on any atom is 0.115 e. The molecule has 0 amide bonds. The predicted octanol–water partition coefficient (Wildman–Crippen LogP) is 2.91. The zero-order valence-corrected chi connectivity index (χ0v) is 12.8. The molecular formula is C18H18N4O. The molecule has 5 heteroatoms. The fourth-order valence-corrected chi connectivity index (χ4v) is 2.27. The van der Waals surface area contributed by atoms with Crippen LogP contribution in [0.2, 0.25) is 0 Å². The van der Waals surface area contributed by atoms with Crippen molar-refractivity contribution in [2.75, 3.05) is 0 Å². The van der Waals surface area contributed by atoms with E-state index in [0.29, 0.717) is 6.54 Å². The second-order valence-corrected chi connectivity index (χ2v) is 5.30. The summed E-state index contributed by atoms with van der Waals surface area (Å²) in [6, 6.07) is 15.1. The summed E-state index contributed by atoms with van der Waals surface area (Å²) in [5.74, 6) is 0.213. The average Bonchev–Trinajstić information content (AvgIpc) is 2.98. The molecule has 5 nitrogen and oxygen atoms in total. The van der Waals surface area contributed by atoms with Gasteiger partial charge in [0.05, 0.1) is 11.4 Å². The van der Waals surface area contributed by atoms with Crippen molar-refractivity contribution < 1.29 is 5.11 Å². The molecule has 0 bridgehead atoms. The van der Waals surface area contributed by atoms with Crippen LogP contribution in [0.3, 0.4) is 0 Å². The summed E-state index contributed by atoms with van der Waals surface area (Å²) in [6.45, 7) is 2.37. The first-order valence-corrected chi connectivity index (χ1v) is 7.36. The smallest absolute Gasteiger partial charge is 0.115 e. The Kier molecular flexibility index (Phi) is 4.21. The van der Waals surface area contributed by atoms with Crippen LogP contribution < -0.4 is 5.73 Å². The third-order valence-electron chi connectivity index (χ3n) is 3.58. The summed E-state index contributed by atoms with van der Waals surface area (Å²) in [7, 11) is 0. The van der Waals surface area contributed by atoms with Gasteiger partial charge in [-0.3, -0.25) is 0 Å². The van der Waals surface area contributed by atoms with Crippen LogP contribution in [0.15, 0.2) is 48.5 Å². The maximum atomic E-state index is 9.42. The predicted molar refractivity (Wildman–Crippen MR) is 91.0 cm³/mol. The quantitative estimate of drug-likeness (QED) is 0.777. The zero-order chi connectivity index (χ0) is 16.2. The van der Waals surface area contributed by atoms with Crippen molar-refractivity contribution in [3.8, 4) is 11.4 Å². The zero-order valence-electron chi connectivity index (χ0n) is 12.8. The first-order valence-electron chi connectivity index (χ1n) is 7.36. The van der Waals surface area contributed by atoms with Crippen LogP contribution in [0.4, 0.5) is 0 Å². The number of nitrogens with two attached hydrogens (primary N) is 1. The number of phenols is 1. The minimum Gasteiger partial charge on any atom is -0.508 e. The summed E-state index contributed by atoms with van der Waals surface area (Å²) < 4.78 is 1.71. The van der Waals surface area contributed by atoms with Gasteiger partial charge in [0.15, 0.2) is 0 Å². The molecule has 0 saturated carbocycles. The highest BCUT2D eigenvalue weighted by molar-refractivity contribution is 5.70. The van der Waals surface area contributed by atoms with E-state index < -0.39 is 0 Å². The van der Waals surface area contributed by atoms with E-state index in [9.17, 15) is 5.11 Å². The number of nitrogens with zero attached hydrogens (tertiary/aromatic N) is 3. The number of benzene rings is 2. The van der Waals surface area contributed by atoms with Crippen molar-refractivity contribution in [3.63, 3.8) is 0 Å². The van der Waals surface area contributed by atoms with Gasteiger partial charge < -0.3 is 10.8 Å². The number of aromatic nitrogens is 3. The number of aromatic hydroxyl groups is 1. The van der Waals surface area contributed by atoms with Gasteiger partial charge in [0.1, 0.15) is 11.4 Å². The van der Waals surface area contributed by atoms with Gasteiger partial charge in [0, 0.05) is 6.54 Å². The third-order valence-corrected chi connectivity index (χ3v) is 3.58. The fourth-order valence-electron chi connectivity index (χ4n) is 2.27. The summed E-state index contributed by atoms with van der Waals surface area (Å²) in [5, 5.41) is 17.7. The Morgan fingerprint density at radius 2 is 1.74 bits per heavy atom. The van der Waals surface area contributed by atoms with Crippen LogP contribution >= 0.6 is 0 Å². The van der Waals surface area contributed by atoms with Crippen LogP contribution in [-0.2, 0) is 6.54 Å². The monoisotopic (exact) mass is 306 g/mol. The molecule has 0 unspecified atom stereocenters. The van der Waals surface area contributed by atoms with Gasteiger partial charge in [-0.05, 0) is 42.8 Å². The van der Waals surface area contributed by atoms with Crippen molar-refractivity contribution in [2.45, 2.75) is 13.5 Å². The van der Waals surface area contributed by atoms with Crippen molar-refractivity contribution in [1.29, 1.82) is 0 Å². The van der Waals surface area contributed by atoms with Crippen molar-refractivity contribution in [2.24, 2.45) is 5.73 Å². The molecular weight excluding hydrogens is 288 g/mol. The summed E-state index contributed by atoms with van der Waals surface area (Å²) in [5.41, 5.74) is 10.5. The van der Waals surface area contributed by atoms with Gasteiger partial charge in [0.2, 0.25) is 0 Å². The molecule has 0 aliphatic carbocycles. The molecule has 0 aliphatic rings. The molecule has 1 aromatic heterocycles. The van der Waals surface area contributed by atoms with Gasteiger partial charge >= 0.3 is 0 Å². The third kappa shape index (κ3) is 3.30. The first-order chi connectivity index (χ1) is 11.2. The van der Waals surface area contributed by atoms with E-state index in [1.54, 1.807) is 28.9 Å². The van der Waals surface area contributed by atoms with Gasteiger partial charge in [0.25, 0.3) is 0 Å². The van der Waals surface area contributed by atoms with E-state index in [4.69, 9.17) is 5.73 Å². The molecule has 0 aliphatic heterocycles. The highest BCUT2D eigenvalue weighted by atomic mass is 16.3. The lowest BCUT2D eigenvalue weighted by Crippen LogP contribution is -2.02. The Balaban J connectivity index is 1.98. The van der Waals surface area contributed by atoms with Crippen molar-refractivity contribution in [1.82, 2.24) is 15.0 Å². The molecule has 1 heterocycles. The van der Waals surface area contributed by atoms with Gasteiger partial charge in [-0.1, -0.05) is 41.1 Å². The number of hydrogen-bond donors (Lipinski definition) is 2. The van der Waals surface area contributed by atoms with E-state index in [1.165, 1.54) is 5.56 Å². The summed E-state index contributed by atoms with van der Waals surface area (Å²) >= 11 is 0. The Labute approximate surface area is 134 Å². The molecule has 3 rings (SSSR count). The standard InChI is InChI=1S/C18H18N4O/c1-13-2-4-14(5-3-13)6-11-18-17(12-19)20-21-22(18)15-7-9-16(23)10-8-15/h2-11,23H,12,19H2,1H3/b11-6+. The van der Waals surface area contributed by atoms with E-state index >= 15 is 0 Å². The highest BCUT2D eigenvalue weighted by Gasteiger charge is 2.10. The molecule has 0 saturated heterocycles. The Morgan fingerprint density at radius 3 is 2.39 bits per heavy atom.